The molecule has 4 rings (SSSR count). The zero-order chi connectivity index (χ0) is 16.4. The highest BCUT2D eigenvalue weighted by atomic mass is 16.5. The van der Waals surface area contributed by atoms with E-state index in [2.05, 4.69) is 77.7 Å². The topological polar surface area (TPSA) is 12.5 Å². The van der Waals surface area contributed by atoms with Crippen molar-refractivity contribution >= 4 is 5.69 Å². The van der Waals surface area contributed by atoms with E-state index in [0.717, 1.165) is 18.7 Å². The lowest BCUT2D eigenvalue weighted by atomic mass is 9.87. The van der Waals surface area contributed by atoms with Gasteiger partial charge in [0, 0.05) is 12.2 Å². The lowest BCUT2D eigenvalue weighted by Gasteiger charge is -2.39. The fourth-order valence-electron chi connectivity index (χ4n) is 3.64. The van der Waals surface area contributed by atoms with E-state index in [0.29, 0.717) is 0 Å². The number of hydrogen-bond donors (Lipinski definition) is 0. The normalized spacial score (nSPS) is 16.5. The van der Waals surface area contributed by atoms with Gasteiger partial charge < -0.3 is 9.64 Å². The Labute approximate surface area is 143 Å². The van der Waals surface area contributed by atoms with E-state index in [4.69, 9.17) is 4.74 Å². The Morgan fingerprint density at radius 1 is 0.875 bits per heavy atom. The van der Waals surface area contributed by atoms with Crippen LogP contribution in [0.5, 0.6) is 5.75 Å². The summed E-state index contributed by atoms with van der Waals surface area (Å²) in [5.41, 5.74) is 5.36. The van der Waals surface area contributed by atoms with E-state index in [1.54, 1.807) is 7.11 Å². The Morgan fingerprint density at radius 2 is 1.67 bits per heavy atom. The van der Waals surface area contributed by atoms with Crippen LogP contribution in [0.15, 0.2) is 78.9 Å². The number of nitrogens with zero attached hydrogens (tertiary/aromatic N) is 1. The van der Waals surface area contributed by atoms with Gasteiger partial charge in [-0.1, -0.05) is 54.6 Å². The second-order valence-electron chi connectivity index (χ2n) is 6.16. The van der Waals surface area contributed by atoms with Gasteiger partial charge in [0.05, 0.1) is 13.2 Å². The first-order valence-corrected chi connectivity index (χ1v) is 8.40. The van der Waals surface area contributed by atoms with Gasteiger partial charge in [0.1, 0.15) is 5.75 Å². The summed E-state index contributed by atoms with van der Waals surface area (Å²) < 4.78 is 5.46. The summed E-state index contributed by atoms with van der Waals surface area (Å²) in [7, 11) is 1.73. The maximum Gasteiger partial charge on any atom is 0.119 e. The zero-order valence-corrected chi connectivity index (χ0v) is 13.9. The molecule has 0 N–H and O–H groups in total. The number of hydrogen-bond acceptors (Lipinski definition) is 2. The number of rotatable bonds is 3. The molecule has 0 saturated carbocycles. The van der Waals surface area contributed by atoms with Crippen LogP contribution in [0.1, 0.15) is 22.7 Å². The summed E-state index contributed by atoms with van der Waals surface area (Å²) in [6.45, 7) is 1.02. The minimum absolute atomic E-state index is 0.215. The first-order valence-electron chi connectivity index (χ1n) is 8.40. The fourth-order valence-corrected chi connectivity index (χ4v) is 3.64. The Kier molecular flexibility index (Phi) is 3.96. The molecule has 2 heteroatoms. The highest BCUT2D eigenvalue weighted by Gasteiger charge is 2.28. The molecule has 3 aromatic rings. The van der Waals surface area contributed by atoms with Crippen LogP contribution in [0.2, 0.25) is 0 Å². The predicted octanol–water partition coefficient (Wildman–Crippen LogP) is 4.85. The monoisotopic (exact) mass is 315 g/mol. The van der Waals surface area contributed by atoms with E-state index in [1.165, 1.54) is 22.4 Å². The smallest absolute Gasteiger partial charge is 0.119 e. The molecule has 0 aliphatic carbocycles. The molecule has 120 valence electrons. The molecule has 1 heterocycles. The lowest BCUT2D eigenvalue weighted by molar-refractivity contribution is 0.414. The number of ether oxygens (including phenoxy) is 1. The quantitative estimate of drug-likeness (QED) is 0.685. The highest BCUT2D eigenvalue weighted by molar-refractivity contribution is 5.56. The van der Waals surface area contributed by atoms with Crippen LogP contribution in [0.4, 0.5) is 5.69 Å². The van der Waals surface area contributed by atoms with Gasteiger partial charge in [-0.05, 0) is 47.4 Å². The molecule has 0 amide bonds. The van der Waals surface area contributed by atoms with Crippen molar-refractivity contribution < 1.29 is 4.74 Å². The van der Waals surface area contributed by atoms with E-state index in [-0.39, 0.29) is 6.04 Å². The summed E-state index contributed by atoms with van der Waals surface area (Å²) >= 11 is 0. The van der Waals surface area contributed by atoms with Crippen LogP contribution >= 0.6 is 0 Å². The SMILES string of the molecule is COc1cccc(C2c3ccccc3CCN2c2ccccc2)c1. The van der Waals surface area contributed by atoms with Crippen molar-refractivity contribution in [3.05, 3.63) is 95.6 Å². The number of anilines is 1. The molecule has 3 aromatic carbocycles. The Bertz CT molecular complexity index is 828. The van der Waals surface area contributed by atoms with Crippen molar-refractivity contribution in [3.63, 3.8) is 0 Å². The third-order valence-corrected chi connectivity index (χ3v) is 4.78. The Balaban J connectivity index is 1.86. The molecule has 0 bridgehead atoms. The minimum Gasteiger partial charge on any atom is -0.497 e. The number of fused-ring (bicyclic) bond motifs is 1. The average molecular weight is 315 g/mol. The van der Waals surface area contributed by atoms with Gasteiger partial charge >= 0.3 is 0 Å². The van der Waals surface area contributed by atoms with Crippen LogP contribution in [0.3, 0.4) is 0 Å². The first-order chi connectivity index (χ1) is 11.9. The lowest BCUT2D eigenvalue weighted by Crippen LogP contribution is -2.36. The molecule has 1 aliphatic rings. The van der Waals surface area contributed by atoms with Crippen LogP contribution in [0, 0.1) is 0 Å². The molecule has 1 atom stereocenters. The molecule has 0 radical (unpaired) electrons. The van der Waals surface area contributed by atoms with Crippen LogP contribution in [0.25, 0.3) is 0 Å². The van der Waals surface area contributed by atoms with Crippen molar-refractivity contribution in [2.75, 3.05) is 18.6 Å². The molecule has 2 nitrogen and oxygen atoms in total. The van der Waals surface area contributed by atoms with Gasteiger partial charge in [0.15, 0.2) is 0 Å². The van der Waals surface area contributed by atoms with Crippen LogP contribution < -0.4 is 9.64 Å². The van der Waals surface area contributed by atoms with E-state index < -0.39 is 0 Å². The third kappa shape index (κ3) is 2.65. The van der Waals surface area contributed by atoms with Crippen molar-refractivity contribution in [2.24, 2.45) is 0 Å². The molecular weight excluding hydrogens is 294 g/mol. The molecule has 0 aromatic heterocycles. The molecular formula is C22H21NO. The summed E-state index contributed by atoms with van der Waals surface area (Å²) in [4.78, 5) is 2.50. The maximum absolute atomic E-state index is 5.46. The van der Waals surface area contributed by atoms with Gasteiger partial charge in [-0.2, -0.15) is 0 Å². The molecule has 24 heavy (non-hydrogen) atoms. The van der Waals surface area contributed by atoms with E-state index in [9.17, 15) is 0 Å². The average Bonchev–Trinajstić information content (AvgIpc) is 2.68. The van der Waals surface area contributed by atoms with E-state index in [1.807, 2.05) is 6.07 Å². The first kappa shape index (κ1) is 14.8. The molecule has 0 spiro atoms. The van der Waals surface area contributed by atoms with Gasteiger partial charge in [0.25, 0.3) is 0 Å². The zero-order valence-electron chi connectivity index (χ0n) is 13.9. The summed E-state index contributed by atoms with van der Waals surface area (Å²) in [6, 6.07) is 28.1. The molecule has 1 aliphatic heterocycles. The summed E-state index contributed by atoms with van der Waals surface area (Å²) in [5, 5.41) is 0. The largest absolute Gasteiger partial charge is 0.497 e. The molecule has 0 saturated heterocycles. The van der Waals surface area contributed by atoms with Gasteiger partial charge in [0.2, 0.25) is 0 Å². The van der Waals surface area contributed by atoms with Crippen molar-refractivity contribution in [2.45, 2.75) is 12.5 Å². The highest BCUT2D eigenvalue weighted by Crippen LogP contribution is 2.38. The minimum atomic E-state index is 0.215. The molecule has 0 fully saturated rings. The van der Waals surface area contributed by atoms with Gasteiger partial charge in [-0.25, -0.2) is 0 Å². The van der Waals surface area contributed by atoms with Crippen molar-refractivity contribution in [1.29, 1.82) is 0 Å². The number of para-hydroxylation sites is 1. The van der Waals surface area contributed by atoms with Crippen molar-refractivity contribution in [1.82, 2.24) is 0 Å². The van der Waals surface area contributed by atoms with Crippen LogP contribution in [-0.4, -0.2) is 13.7 Å². The third-order valence-electron chi connectivity index (χ3n) is 4.78. The molecule has 1 unspecified atom stereocenters. The Morgan fingerprint density at radius 3 is 2.50 bits per heavy atom. The second kappa shape index (κ2) is 6.40. The summed E-state index contributed by atoms with van der Waals surface area (Å²) in [5.74, 6) is 0.906. The van der Waals surface area contributed by atoms with Gasteiger partial charge in [-0.3, -0.25) is 0 Å². The van der Waals surface area contributed by atoms with Gasteiger partial charge in [-0.15, -0.1) is 0 Å². The predicted molar refractivity (Wildman–Crippen MR) is 98.8 cm³/mol. The number of benzene rings is 3. The Hall–Kier alpha value is -2.74. The second-order valence-corrected chi connectivity index (χ2v) is 6.16. The van der Waals surface area contributed by atoms with Crippen LogP contribution in [-0.2, 0) is 6.42 Å². The standard InChI is InChI=1S/C22H21NO/c1-24-20-12-7-9-18(16-20)22-21-13-6-5-8-17(21)14-15-23(22)19-10-3-2-4-11-19/h2-13,16,22H,14-15H2,1H3. The van der Waals surface area contributed by atoms with Crippen molar-refractivity contribution in [3.8, 4) is 5.75 Å². The van der Waals surface area contributed by atoms with E-state index >= 15 is 0 Å². The number of methoxy groups -OCH3 is 1. The maximum atomic E-state index is 5.46. The summed E-state index contributed by atoms with van der Waals surface area (Å²) in [6.07, 6.45) is 1.07. The fraction of sp³-hybridized carbons (Fsp3) is 0.182.